The number of anilines is 4. The van der Waals surface area contributed by atoms with Gasteiger partial charge in [-0.15, -0.1) is 10.2 Å². The standard InChI is InChI=1S/C19H22BFN8O2S/c1-11(30)24-15-9-13(25-14-5-6-22-17(26-14)19(2,20)21)12(10-23-15)16-27-28-18(32-16)29(3)7-8-31-4/h5-6,9-10H,7-8H2,1-4H3,(H2,22,23,24,25,26,30). The number of ether oxygens (including phenoxy) is 1. The summed E-state index contributed by atoms with van der Waals surface area (Å²) in [7, 11) is 9.00. The van der Waals surface area contributed by atoms with Gasteiger partial charge in [-0.05, 0) is 13.0 Å². The van der Waals surface area contributed by atoms with Crippen LogP contribution in [0.5, 0.6) is 0 Å². The highest BCUT2D eigenvalue weighted by Gasteiger charge is 2.22. The van der Waals surface area contributed by atoms with Crippen LogP contribution in [-0.2, 0) is 15.1 Å². The lowest BCUT2D eigenvalue weighted by Gasteiger charge is -2.15. The molecular formula is C19H22BFN8O2S. The predicted molar refractivity (Wildman–Crippen MR) is 122 cm³/mol. The molecule has 0 aromatic carbocycles. The average molecular weight is 456 g/mol. The van der Waals surface area contributed by atoms with Gasteiger partial charge in [0.05, 0.1) is 17.9 Å². The Morgan fingerprint density at radius 3 is 2.81 bits per heavy atom. The fraction of sp³-hybridized carbons (Fsp3) is 0.368. The van der Waals surface area contributed by atoms with E-state index in [1.165, 1.54) is 31.4 Å². The third kappa shape index (κ3) is 5.95. The van der Waals surface area contributed by atoms with Crippen LogP contribution in [0.25, 0.3) is 10.6 Å². The molecular weight excluding hydrogens is 434 g/mol. The van der Waals surface area contributed by atoms with Crippen LogP contribution in [0.3, 0.4) is 0 Å². The van der Waals surface area contributed by atoms with E-state index in [2.05, 4.69) is 35.8 Å². The molecule has 0 aliphatic carbocycles. The van der Waals surface area contributed by atoms with E-state index < -0.39 is 5.57 Å². The molecule has 0 saturated carbocycles. The molecule has 3 aromatic heterocycles. The fourth-order valence-electron chi connectivity index (χ4n) is 2.58. The summed E-state index contributed by atoms with van der Waals surface area (Å²) in [5, 5.41) is 15.5. The van der Waals surface area contributed by atoms with Gasteiger partial charge in [0.25, 0.3) is 0 Å². The quantitative estimate of drug-likeness (QED) is 0.468. The molecule has 0 fully saturated rings. The monoisotopic (exact) mass is 456 g/mol. The lowest BCUT2D eigenvalue weighted by molar-refractivity contribution is -0.114. The van der Waals surface area contributed by atoms with Crippen molar-refractivity contribution in [1.82, 2.24) is 25.1 Å². The van der Waals surface area contributed by atoms with Crippen LogP contribution in [0.4, 0.5) is 26.8 Å². The van der Waals surface area contributed by atoms with Gasteiger partial charge in [-0.1, -0.05) is 11.3 Å². The Balaban J connectivity index is 1.97. The van der Waals surface area contributed by atoms with E-state index in [4.69, 9.17) is 12.6 Å². The Morgan fingerprint density at radius 1 is 1.34 bits per heavy atom. The van der Waals surface area contributed by atoms with Crippen LogP contribution in [-0.4, -0.2) is 66.2 Å². The zero-order valence-corrected chi connectivity index (χ0v) is 18.9. The van der Waals surface area contributed by atoms with E-state index in [1.807, 2.05) is 11.9 Å². The van der Waals surface area contributed by atoms with Gasteiger partial charge in [-0.3, -0.25) is 4.79 Å². The molecule has 0 aliphatic rings. The summed E-state index contributed by atoms with van der Waals surface area (Å²) in [5.41, 5.74) is -1.03. The third-order valence-corrected chi connectivity index (χ3v) is 5.24. The summed E-state index contributed by atoms with van der Waals surface area (Å²) >= 11 is 1.36. The summed E-state index contributed by atoms with van der Waals surface area (Å²) in [5.74, 6) is 0.203. The predicted octanol–water partition coefficient (Wildman–Crippen LogP) is 2.49. The van der Waals surface area contributed by atoms with Crippen molar-refractivity contribution in [3.05, 3.63) is 30.4 Å². The molecule has 0 bridgehead atoms. The third-order valence-electron chi connectivity index (χ3n) is 4.17. The maximum absolute atomic E-state index is 14.1. The van der Waals surface area contributed by atoms with Crippen molar-refractivity contribution >= 4 is 47.5 Å². The van der Waals surface area contributed by atoms with Crippen LogP contribution >= 0.6 is 11.3 Å². The first-order chi connectivity index (χ1) is 15.2. The van der Waals surface area contributed by atoms with E-state index in [0.29, 0.717) is 46.2 Å². The molecule has 13 heteroatoms. The van der Waals surface area contributed by atoms with Crippen molar-refractivity contribution in [2.24, 2.45) is 0 Å². The van der Waals surface area contributed by atoms with E-state index in [0.717, 1.165) is 0 Å². The topological polar surface area (TPSA) is 118 Å². The number of hydrogen-bond donors (Lipinski definition) is 2. The van der Waals surface area contributed by atoms with E-state index >= 15 is 0 Å². The normalized spacial score (nSPS) is 12.8. The zero-order valence-electron chi connectivity index (χ0n) is 18.1. The molecule has 1 unspecified atom stereocenters. The lowest BCUT2D eigenvalue weighted by Crippen LogP contribution is -2.21. The van der Waals surface area contributed by atoms with E-state index in [-0.39, 0.29) is 11.7 Å². The summed E-state index contributed by atoms with van der Waals surface area (Å²) in [6, 6.07) is 3.20. The molecule has 166 valence electrons. The minimum atomic E-state index is -2.19. The first-order valence-corrected chi connectivity index (χ1v) is 10.4. The number of carbonyl (C=O) groups excluding carboxylic acids is 1. The highest BCUT2D eigenvalue weighted by Crippen LogP contribution is 2.35. The molecule has 3 heterocycles. The molecule has 1 atom stereocenters. The summed E-state index contributed by atoms with van der Waals surface area (Å²) < 4.78 is 19.2. The van der Waals surface area contributed by atoms with Crippen molar-refractivity contribution < 1.29 is 13.9 Å². The van der Waals surface area contributed by atoms with E-state index in [1.54, 1.807) is 25.4 Å². The Hall–Kier alpha value is -3.19. The molecule has 3 rings (SSSR count). The van der Waals surface area contributed by atoms with Crippen LogP contribution in [0, 0.1) is 0 Å². The summed E-state index contributed by atoms with van der Waals surface area (Å²) in [4.78, 5) is 25.7. The van der Waals surface area contributed by atoms with Gasteiger partial charge in [0.15, 0.2) is 10.8 Å². The van der Waals surface area contributed by atoms with Gasteiger partial charge in [-0.2, -0.15) is 0 Å². The number of nitrogens with zero attached hydrogens (tertiary/aromatic N) is 6. The maximum Gasteiger partial charge on any atom is 0.222 e. The number of pyridine rings is 1. The maximum atomic E-state index is 14.1. The Labute approximate surface area is 190 Å². The molecule has 0 spiro atoms. The van der Waals surface area contributed by atoms with Gasteiger partial charge in [0.2, 0.25) is 11.0 Å². The summed E-state index contributed by atoms with van der Waals surface area (Å²) in [6.07, 6.45) is 2.97. The van der Waals surface area contributed by atoms with Gasteiger partial charge in [-0.25, -0.2) is 19.3 Å². The minimum Gasteiger partial charge on any atom is -0.383 e. The first kappa shape index (κ1) is 23.5. The number of alkyl halides is 1. The lowest BCUT2D eigenvalue weighted by atomic mass is 9.85. The van der Waals surface area contributed by atoms with Crippen molar-refractivity contribution in [1.29, 1.82) is 0 Å². The molecule has 2 N–H and O–H groups in total. The number of likely N-dealkylation sites (N-methyl/N-ethyl adjacent to an activating group) is 1. The highest BCUT2D eigenvalue weighted by molar-refractivity contribution is 7.18. The molecule has 1 amide bonds. The van der Waals surface area contributed by atoms with Gasteiger partial charge >= 0.3 is 0 Å². The number of aromatic nitrogens is 5. The molecule has 0 aliphatic heterocycles. The molecule has 10 nitrogen and oxygen atoms in total. The molecule has 2 radical (unpaired) electrons. The van der Waals surface area contributed by atoms with Crippen molar-refractivity contribution in [2.75, 3.05) is 42.8 Å². The van der Waals surface area contributed by atoms with Crippen LogP contribution in [0.1, 0.15) is 19.7 Å². The van der Waals surface area contributed by atoms with Crippen LogP contribution in [0.2, 0.25) is 0 Å². The summed E-state index contributed by atoms with van der Waals surface area (Å²) in [6.45, 7) is 3.76. The number of rotatable bonds is 9. The van der Waals surface area contributed by atoms with Crippen molar-refractivity contribution in [3.63, 3.8) is 0 Å². The fourth-order valence-corrected chi connectivity index (χ4v) is 3.44. The second-order valence-corrected chi connectivity index (χ2v) is 8.02. The van der Waals surface area contributed by atoms with Crippen LogP contribution < -0.4 is 15.5 Å². The van der Waals surface area contributed by atoms with Gasteiger partial charge in [0, 0.05) is 46.1 Å². The molecule has 3 aromatic rings. The second kappa shape index (κ2) is 9.96. The Bertz CT molecular complexity index is 1090. The average Bonchev–Trinajstić information content (AvgIpc) is 3.21. The number of hydrogen-bond acceptors (Lipinski definition) is 10. The minimum absolute atomic E-state index is 0.168. The second-order valence-electron chi connectivity index (χ2n) is 7.07. The van der Waals surface area contributed by atoms with Crippen molar-refractivity contribution in [2.45, 2.75) is 19.4 Å². The molecule has 0 saturated heterocycles. The Kier molecular flexibility index (Phi) is 7.31. The molecule has 32 heavy (non-hydrogen) atoms. The number of carbonyl (C=O) groups is 1. The first-order valence-electron chi connectivity index (χ1n) is 9.57. The van der Waals surface area contributed by atoms with Crippen LogP contribution in [0.15, 0.2) is 24.5 Å². The largest absolute Gasteiger partial charge is 0.383 e. The smallest absolute Gasteiger partial charge is 0.222 e. The van der Waals surface area contributed by atoms with E-state index in [9.17, 15) is 9.18 Å². The highest BCUT2D eigenvalue weighted by atomic mass is 32.1. The SMILES string of the molecule is [B]C(C)(F)c1nccc(Nc2cc(NC(C)=O)ncc2-c2nnc(N(C)CCOC)s2)n1. The Morgan fingerprint density at radius 2 is 2.12 bits per heavy atom. The zero-order chi connectivity index (χ0) is 23.3. The van der Waals surface area contributed by atoms with Gasteiger partial charge < -0.3 is 20.3 Å². The number of halogens is 1. The van der Waals surface area contributed by atoms with Crippen molar-refractivity contribution in [3.8, 4) is 10.6 Å². The number of methoxy groups -OCH3 is 1. The number of nitrogens with one attached hydrogen (secondary N) is 2. The van der Waals surface area contributed by atoms with Gasteiger partial charge in [0.1, 0.15) is 25.1 Å². The number of amides is 1.